The largest absolute Gasteiger partial charge is 0.481 e. The summed E-state index contributed by atoms with van der Waals surface area (Å²) in [5.74, 6) is -0.843. The van der Waals surface area contributed by atoms with Gasteiger partial charge in [0, 0.05) is 24.6 Å². The highest BCUT2D eigenvalue weighted by Gasteiger charge is 2.33. The maximum atomic E-state index is 12.6. The van der Waals surface area contributed by atoms with Crippen LogP contribution in [0, 0.1) is 0 Å². The number of ether oxygens (including phenoxy) is 2. The van der Waals surface area contributed by atoms with Crippen molar-refractivity contribution in [2.24, 2.45) is 0 Å². The Morgan fingerprint density at radius 2 is 2.00 bits per heavy atom. The molecule has 0 aliphatic carbocycles. The summed E-state index contributed by atoms with van der Waals surface area (Å²) in [4.78, 5) is 31.6. The number of carboxylic acid groups (broad SMARTS) is 1. The van der Waals surface area contributed by atoms with Gasteiger partial charge in [0.15, 0.2) is 0 Å². The van der Waals surface area contributed by atoms with E-state index in [1.807, 2.05) is 49.4 Å². The monoisotopic (exact) mass is 477 g/mol. The van der Waals surface area contributed by atoms with E-state index in [0.29, 0.717) is 6.61 Å². The summed E-state index contributed by atoms with van der Waals surface area (Å²) in [5.41, 5.74) is 4.38. The van der Waals surface area contributed by atoms with Crippen LogP contribution in [0.2, 0.25) is 0 Å². The fourth-order valence-corrected chi connectivity index (χ4v) is 5.52. The number of imidazole rings is 1. The average molecular weight is 478 g/mol. The van der Waals surface area contributed by atoms with Crippen LogP contribution >= 0.6 is 0 Å². The average Bonchev–Trinajstić information content (AvgIpc) is 3.26. The number of methoxy groups -OCH3 is 1. The summed E-state index contributed by atoms with van der Waals surface area (Å²) in [6.45, 7) is 3.33. The molecule has 0 radical (unpaired) electrons. The highest BCUT2D eigenvalue weighted by Crippen LogP contribution is 2.39. The third kappa shape index (κ3) is 4.27. The van der Waals surface area contributed by atoms with Gasteiger partial charge in [-0.2, -0.15) is 0 Å². The van der Waals surface area contributed by atoms with Gasteiger partial charge in [-0.25, -0.2) is 9.78 Å². The van der Waals surface area contributed by atoms with Gasteiger partial charge in [0.05, 0.1) is 42.4 Å². The van der Waals surface area contributed by atoms with Crippen LogP contribution in [0.1, 0.15) is 55.1 Å². The van der Waals surface area contributed by atoms with Gasteiger partial charge in [0.1, 0.15) is 5.82 Å². The summed E-state index contributed by atoms with van der Waals surface area (Å²) in [6, 6.07) is 13.4. The maximum absolute atomic E-state index is 12.6. The molecule has 1 aromatic heterocycles. The van der Waals surface area contributed by atoms with Crippen LogP contribution in [0.25, 0.3) is 11.0 Å². The Morgan fingerprint density at radius 3 is 2.69 bits per heavy atom. The third-order valence-electron chi connectivity index (χ3n) is 7.29. The van der Waals surface area contributed by atoms with Crippen molar-refractivity contribution in [2.75, 3.05) is 25.2 Å². The van der Waals surface area contributed by atoms with Crippen LogP contribution in [0.15, 0.2) is 42.5 Å². The van der Waals surface area contributed by atoms with E-state index in [1.165, 1.54) is 7.11 Å². The van der Waals surface area contributed by atoms with Crippen LogP contribution < -0.4 is 4.90 Å². The van der Waals surface area contributed by atoms with E-state index in [2.05, 4.69) is 4.57 Å². The normalized spacial score (nSPS) is 20.9. The molecule has 0 spiro atoms. The molecule has 2 aliphatic rings. The first-order valence-electron chi connectivity index (χ1n) is 12.2. The second-order valence-corrected chi connectivity index (χ2v) is 9.43. The van der Waals surface area contributed by atoms with Gasteiger partial charge in [-0.05, 0) is 50.3 Å². The number of aryl methyl sites for hydroxylation is 1. The quantitative estimate of drug-likeness (QED) is 0.572. The molecule has 35 heavy (non-hydrogen) atoms. The van der Waals surface area contributed by atoms with Crippen molar-refractivity contribution in [3.8, 4) is 0 Å². The van der Waals surface area contributed by atoms with E-state index < -0.39 is 11.9 Å². The molecular formula is C27H31N3O5. The lowest BCUT2D eigenvalue weighted by atomic mass is 9.95. The number of nitrogens with zero attached hydrogens (tertiary/aromatic N) is 3. The van der Waals surface area contributed by atoms with Crippen LogP contribution in [-0.2, 0) is 27.1 Å². The third-order valence-corrected chi connectivity index (χ3v) is 7.29. The minimum absolute atomic E-state index is 0.0233. The van der Waals surface area contributed by atoms with E-state index in [9.17, 15) is 14.7 Å². The van der Waals surface area contributed by atoms with Gasteiger partial charge >= 0.3 is 12.1 Å². The van der Waals surface area contributed by atoms with E-state index >= 15 is 0 Å². The molecule has 1 fully saturated rings. The summed E-state index contributed by atoms with van der Waals surface area (Å²) < 4.78 is 13.1. The second kappa shape index (κ2) is 9.70. The Kier molecular flexibility index (Phi) is 6.47. The van der Waals surface area contributed by atoms with E-state index in [0.717, 1.165) is 66.0 Å². The lowest BCUT2D eigenvalue weighted by molar-refractivity contribution is -0.138. The molecule has 3 atom stereocenters. The lowest BCUT2D eigenvalue weighted by Crippen LogP contribution is -2.42. The lowest BCUT2D eigenvalue weighted by Gasteiger charge is -2.34. The Morgan fingerprint density at radius 1 is 1.20 bits per heavy atom. The Labute approximate surface area is 204 Å². The molecule has 8 nitrogen and oxygen atoms in total. The first-order valence-corrected chi connectivity index (χ1v) is 12.2. The van der Waals surface area contributed by atoms with Gasteiger partial charge in [-0.3, -0.25) is 9.69 Å². The predicted octanol–water partition coefficient (Wildman–Crippen LogP) is 4.71. The maximum Gasteiger partial charge on any atom is 0.414 e. The molecule has 0 saturated carbocycles. The molecule has 8 heteroatoms. The zero-order valence-corrected chi connectivity index (χ0v) is 20.1. The number of aliphatic carboxylic acids is 1. The summed E-state index contributed by atoms with van der Waals surface area (Å²) in [5, 5.41) is 10.1. The van der Waals surface area contributed by atoms with Crippen LogP contribution in [-0.4, -0.2) is 53.1 Å². The van der Waals surface area contributed by atoms with E-state index in [4.69, 9.17) is 14.5 Å². The fourth-order valence-electron chi connectivity index (χ4n) is 5.52. The van der Waals surface area contributed by atoms with Crippen molar-refractivity contribution in [2.45, 2.75) is 57.0 Å². The van der Waals surface area contributed by atoms with Crippen LogP contribution in [0.4, 0.5) is 10.5 Å². The predicted molar refractivity (Wildman–Crippen MR) is 132 cm³/mol. The summed E-state index contributed by atoms with van der Waals surface area (Å²) >= 11 is 0. The standard InChI is InChI=1S/C27H31N3O5/c1-17-10-11-20-22(29(17)27(33)34-2)12-13-23-25(20)28-24(30(23)19-9-6-14-35-16-19)15-21(26(31)32)18-7-4-3-5-8-18/h3-5,7-8,12-13,17,19,21H,6,9-11,14-16H2,1-2H3,(H,31,32)/t17-,19-,21+/m0/s1. The van der Waals surface area contributed by atoms with Crippen molar-refractivity contribution >= 4 is 28.8 Å². The molecule has 3 aromatic rings. The van der Waals surface area contributed by atoms with Gasteiger partial charge in [0.2, 0.25) is 0 Å². The van der Waals surface area contributed by atoms with Gasteiger partial charge in [-0.1, -0.05) is 30.3 Å². The minimum Gasteiger partial charge on any atom is -0.481 e. The summed E-state index contributed by atoms with van der Waals surface area (Å²) in [6.07, 6.45) is 3.38. The second-order valence-electron chi connectivity index (χ2n) is 9.43. The molecule has 2 aromatic carbocycles. The van der Waals surface area contributed by atoms with E-state index in [1.54, 1.807) is 4.90 Å². The molecule has 0 bridgehead atoms. The smallest absolute Gasteiger partial charge is 0.414 e. The van der Waals surface area contributed by atoms with Crippen LogP contribution in [0.3, 0.4) is 0 Å². The SMILES string of the molecule is COC(=O)N1c2ccc3c(nc(C[C@@H](C(=O)O)c4ccccc4)n3[C@H]3CCCOC3)c2CC[C@@H]1C. The number of aromatic nitrogens is 2. The molecule has 184 valence electrons. The number of carbonyl (C=O) groups excluding carboxylic acids is 1. The van der Waals surface area contributed by atoms with Gasteiger partial charge < -0.3 is 19.1 Å². The minimum atomic E-state index is -0.873. The molecule has 3 heterocycles. The number of anilines is 1. The molecule has 2 aliphatic heterocycles. The zero-order valence-electron chi connectivity index (χ0n) is 20.1. The Balaban J connectivity index is 1.65. The first-order chi connectivity index (χ1) is 17.0. The highest BCUT2D eigenvalue weighted by molar-refractivity contribution is 5.95. The van der Waals surface area contributed by atoms with Crippen molar-refractivity contribution in [1.82, 2.24) is 9.55 Å². The number of amides is 1. The zero-order chi connectivity index (χ0) is 24.5. The number of carbonyl (C=O) groups is 2. The molecule has 1 amide bonds. The van der Waals surface area contributed by atoms with Crippen molar-refractivity contribution in [1.29, 1.82) is 0 Å². The van der Waals surface area contributed by atoms with Crippen molar-refractivity contribution in [3.63, 3.8) is 0 Å². The number of fused-ring (bicyclic) bond motifs is 3. The van der Waals surface area contributed by atoms with Gasteiger partial charge in [-0.15, -0.1) is 0 Å². The molecule has 5 rings (SSSR count). The first kappa shape index (κ1) is 23.4. The number of carboxylic acids is 1. The van der Waals surface area contributed by atoms with Crippen LogP contribution in [0.5, 0.6) is 0 Å². The van der Waals surface area contributed by atoms with Gasteiger partial charge in [0.25, 0.3) is 0 Å². The highest BCUT2D eigenvalue weighted by atomic mass is 16.5. The van der Waals surface area contributed by atoms with E-state index in [-0.39, 0.29) is 24.6 Å². The molecule has 1 N–H and O–H groups in total. The molecule has 0 unspecified atom stereocenters. The number of hydrogen-bond donors (Lipinski definition) is 1. The Hall–Kier alpha value is -3.39. The Bertz CT molecular complexity index is 1230. The number of benzene rings is 2. The fraction of sp³-hybridized carbons (Fsp3) is 0.444. The summed E-state index contributed by atoms with van der Waals surface area (Å²) in [7, 11) is 1.40. The molecule has 1 saturated heterocycles. The number of rotatable bonds is 5. The van der Waals surface area contributed by atoms with Crippen molar-refractivity contribution < 1.29 is 24.2 Å². The molecular weight excluding hydrogens is 446 g/mol. The number of hydrogen-bond acceptors (Lipinski definition) is 5. The topological polar surface area (TPSA) is 93.9 Å². The van der Waals surface area contributed by atoms with Crippen molar-refractivity contribution in [3.05, 3.63) is 59.4 Å².